The Morgan fingerprint density at radius 1 is 0.947 bits per heavy atom. The molecule has 0 saturated carbocycles. The fourth-order valence-electron chi connectivity index (χ4n) is 1.44. The lowest BCUT2D eigenvalue weighted by Gasteiger charge is -2.17. The monoisotopic (exact) mass is 265 g/mol. The van der Waals surface area contributed by atoms with Gasteiger partial charge in [0.05, 0.1) is 32.0 Å². The highest BCUT2D eigenvalue weighted by molar-refractivity contribution is 5.34. The maximum absolute atomic E-state index is 5.34. The Labute approximate surface area is 115 Å². The van der Waals surface area contributed by atoms with E-state index in [1.807, 2.05) is 49.2 Å². The molecule has 0 N–H and O–H groups in total. The van der Waals surface area contributed by atoms with Crippen molar-refractivity contribution in [1.82, 2.24) is 5.01 Å². The molecule has 0 bridgehead atoms. The van der Waals surface area contributed by atoms with E-state index in [1.54, 1.807) is 0 Å². The minimum atomic E-state index is 0.649. The number of ether oxygens (including phenoxy) is 2. The normalized spacial score (nSPS) is 11.1. The lowest BCUT2D eigenvalue weighted by Crippen LogP contribution is -2.26. The number of hydrogen-bond donors (Lipinski definition) is 0. The maximum atomic E-state index is 5.34. The van der Waals surface area contributed by atoms with Crippen LogP contribution in [0.4, 0.5) is 5.69 Å². The van der Waals surface area contributed by atoms with E-state index in [1.165, 1.54) is 0 Å². The molecule has 0 atom stereocenters. The van der Waals surface area contributed by atoms with Gasteiger partial charge in [0.2, 0.25) is 0 Å². The van der Waals surface area contributed by atoms with E-state index >= 15 is 0 Å². The molecule has 1 rings (SSSR count). The van der Waals surface area contributed by atoms with Crippen LogP contribution in [0, 0.1) is 0 Å². The Bertz CT molecular complexity index is 334. The van der Waals surface area contributed by atoms with E-state index in [2.05, 4.69) is 10.3 Å². The third-order valence-corrected chi connectivity index (χ3v) is 2.44. The summed E-state index contributed by atoms with van der Waals surface area (Å²) in [4.78, 5) is 0. The highest BCUT2D eigenvalue weighted by atomic mass is 16.5. The predicted octanol–water partition coefficient (Wildman–Crippen LogP) is 3.06. The van der Waals surface area contributed by atoms with E-state index in [4.69, 9.17) is 9.47 Å². The van der Waals surface area contributed by atoms with Crippen LogP contribution in [0.15, 0.2) is 40.7 Å². The van der Waals surface area contributed by atoms with E-state index in [0.717, 1.165) is 32.0 Å². The zero-order chi connectivity index (χ0) is 13.8. The van der Waals surface area contributed by atoms with Gasteiger partial charge >= 0.3 is 0 Å². The van der Waals surface area contributed by atoms with Gasteiger partial charge in [0, 0.05) is 13.2 Å². The second-order valence-electron chi connectivity index (χ2n) is 3.87. The summed E-state index contributed by atoms with van der Waals surface area (Å²) in [5.74, 6) is 0. The highest BCUT2D eigenvalue weighted by Crippen LogP contribution is 2.10. The van der Waals surface area contributed by atoms with Crippen molar-refractivity contribution < 1.29 is 9.47 Å². The number of hydrogen-bond acceptors (Lipinski definition) is 4. The molecule has 0 saturated heterocycles. The molecule has 5 nitrogen and oxygen atoms in total. The van der Waals surface area contributed by atoms with Crippen molar-refractivity contribution in [3.63, 3.8) is 0 Å². The van der Waals surface area contributed by atoms with E-state index < -0.39 is 0 Å². The lowest BCUT2D eigenvalue weighted by molar-refractivity contribution is 0.0808. The first-order chi connectivity index (χ1) is 9.36. The Morgan fingerprint density at radius 3 is 2.05 bits per heavy atom. The first-order valence-electron chi connectivity index (χ1n) is 6.74. The average Bonchev–Trinajstić information content (AvgIpc) is 2.45. The summed E-state index contributed by atoms with van der Waals surface area (Å²) in [5.41, 5.74) is 0.848. The van der Waals surface area contributed by atoms with Crippen LogP contribution < -0.4 is 0 Å². The molecule has 0 unspecified atom stereocenters. The molecule has 0 aliphatic rings. The molecular weight excluding hydrogens is 242 g/mol. The van der Waals surface area contributed by atoms with Crippen molar-refractivity contribution in [1.29, 1.82) is 0 Å². The molecule has 0 aromatic heterocycles. The first kappa shape index (κ1) is 15.6. The van der Waals surface area contributed by atoms with Crippen molar-refractivity contribution in [3.05, 3.63) is 30.3 Å². The van der Waals surface area contributed by atoms with Crippen LogP contribution in [0.5, 0.6) is 0 Å². The minimum Gasteiger partial charge on any atom is -0.380 e. The van der Waals surface area contributed by atoms with Crippen molar-refractivity contribution in [2.45, 2.75) is 13.8 Å². The number of rotatable bonds is 10. The van der Waals surface area contributed by atoms with E-state index in [-0.39, 0.29) is 0 Å². The molecule has 0 amide bonds. The van der Waals surface area contributed by atoms with Gasteiger partial charge in [-0.25, -0.2) is 0 Å². The zero-order valence-corrected chi connectivity index (χ0v) is 11.8. The third-order valence-electron chi connectivity index (χ3n) is 2.44. The van der Waals surface area contributed by atoms with Crippen LogP contribution in [0.2, 0.25) is 0 Å². The summed E-state index contributed by atoms with van der Waals surface area (Å²) >= 11 is 0. The molecule has 1 aromatic carbocycles. The van der Waals surface area contributed by atoms with Gasteiger partial charge in [-0.15, -0.1) is 5.11 Å². The van der Waals surface area contributed by atoms with Crippen LogP contribution in [-0.2, 0) is 9.47 Å². The van der Waals surface area contributed by atoms with Gasteiger partial charge in [-0.3, -0.25) is 5.01 Å². The van der Waals surface area contributed by atoms with Gasteiger partial charge in [-0.2, -0.15) is 0 Å². The van der Waals surface area contributed by atoms with Gasteiger partial charge in [0.15, 0.2) is 0 Å². The van der Waals surface area contributed by atoms with Crippen LogP contribution in [0.1, 0.15) is 13.8 Å². The molecule has 0 aliphatic heterocycles. The molecule has 0 heterocycles. The van der Waals surface area contributed by atoms with Crippen LogP contribution >= 0.6 is 0 Å². The summed E-state index contributed by atoms with van der Waals surface area (Å²) in [6.07, 6.45) is 0. The molecular formula is C14H23N3O2. The fraction of sp³-hybridized carbons (Fsp3) is 0.571. The van der Waals surface area contributed by atoms with Crippen molar-refractivity contribution in [2.75, 3.05) is 39.5 Å². The minimum absolute atomic E-state index is 0.649. The maximum Gasteiger partial charge on any atom is 0.0874 e. The second kappa shape index (κ2) is 10.5. The Morgan fingerprint density at radius 2 is 1.53 bits per heavy atom. The SMILES string of the molecule is CCOCCN(CCOCC)/N=N/c1ccccc1. The molecule has 19 heavy (non-hydrogen) atoms. The smallest absolute Gasteiger partial charge is 0.0874 e. The molecule has 0 radical (unpaired) electrons. The van der Waals surface area contributed by atoms with Crippen molar-refractivity contribution in [3.8, 4) is 0 Å². The van der Waals surface area contributed by atoms with Gasteiger partial charge in [-0.05, 0) is 26.0 Å². The van der Waals surface area contributed by atoms with Crippen LogP contribution in [0.25, 0.3) is 0 Å². The largest absolute Gasteiger partial charge is 0.380 e. The summed E-state index contributed by atoms with van der Waals surface area (Å²) in [5, 5.41) is 10.3. The van der Waals surface area contributed by atoms with Crippen LogP contribution in [-0.4, -0.2) is 44.5 Å². The molecule has 5 heteroatoms. The quantitative estimate of drug-likeness (QED) is 0.371. The Kier molecular flexibility index (Phi) is 8.59. The molecule has 0 spiro atoms. The van der Waals surface area contributed by atoms with Crippen molar-refractivity contribution in [2.24, 2.45) is 10.3 Å². The van der Waals surface area contributed by atoms with E-state index in [0.29, 0.717) is 13.2 Å². The second-order valence-corrected chi connectivity index (χ2v) is 3.87. The average molecular weight is 265 g/mol. The first-order valence-corrected chi connectivity index (χ1v) is 6.74. The molecule has 0 aliphatic carbocycles. The number of benzene rings is 1. The van der Waals surface area contributed by atoms with E-state index in [9.17, 15) is 0 Å². The molecule has 106 valence electrons. The van der Waals surface area contributed by atoms with Gasteiger partial charge in [0.1, 0.15) is 0 Å². The van der Waals surface area contributed by atoms with Crippen LogP contribution in [0.3, 0.4) is 0 Å². The zero-order valence-electron chi connectivity index (χ0n) is 11.8. The lowest BCUT2D eigenvalue weighted by atomic mass is 10.3. The van der Waals surface area contributed by atoms with Crippen molar-refractivity contribution >= 4 is 5.69 Å². The summed E-state index contributed by atoms with van der Waals surface area (Å²) < 4.78 is 10.7. The topological polar surface area (TPSA) is 46.4 Å². The van der Waals surface area contributed by atoms with Gasteiger partial charge in [-0.1, -0.05) is 23.4 Å². The van der Waals surface area contributed by atoms with Gasteiger partial charge < -0.3 is 9.47 Å². The summed E-state index contributed by atoms with van der Waals surface area (Å²) in [7, 11) is 0. The predicted molar refractivity (Wildman–Crippen MR) is 75.5 cm³/mol. The van der Waals surface area contributed by atoms with Gasteiger partial charge in [0.25, 0.3) is 0 Å². The molecule has 0 fully saturated rings. The summed E-state index contributed by atoms with van der Waals surface area (Å²) in [6.45, 7) is 8.14. The Balaban J connectivity index is 2.44. The molecule has 1 aromatic rings. The Hall–Kier alpha value is -1.46. The standard InChI is InChI=1S/C14H23N3O2/c1-3-18-12-10-17(11-13-19-4-2)16-15-14-8-6-5-7-9-14/h5-9H,3-4,10-13H2,1-2H3/b16-15+. The highest BCUT2D eigenvalue weighted by Gasteiger charge is 2.01. The summed E-state index contributed by atoms with van der Waals surface area (Å²) in [6, 6.07) is 9.69. The number of nitrogens with zero attached hydrogens (tertiary/aromatic N) is 3. The fourth-order valence-corrected chi connectivity index (χ4v) is 1.44. The third kappa shape index (κ3) is 7.54.